The van der Waals surface area contributed by atoms with Crippen LogP contribution in [0.25, 0.3) is 0 Å². The summed E-state index contributed by atoms with van der Waals surface area (Å²) in [6.45, 7) is 0.642. The molecule has 0 aliphatic heterocycles. The third kappa shape index (κ3) is 5.21. The lowest BCUT2D eigenvalue weighted by atomic mass is 10.2. The van der Waals surface area contributed by atoms with Crippen molar-refractivity contribution in [3.8, 4) is 0 Å². The van der Waals surface area contributed by atoms with Gasteiger partial charge in [-0.25, -0.2) is 0 Å². The van der Waals surface area contributed by atoms with E-state index in [9.17, 15) is 4.79 Å². The van der Waals surface area contributed by atoms with Gasteiger partial charge >= 0.3 is 0 Å². The number of carbonyl (C=O) groups excluding carboxylic acids is 1. The second kappa shape index (κ2) is 8.65. The molecule has 24 heavy (non-hydrogen) atoms. The molecule has 2 aromatic heterocycles. The van der Waals surface area contributed by atoms with E-state index in [2.05, 4.69) is 21.6 Å². The summed E-state index contributed by atoms with van der Waals surface area (Å²) in [6, 6.07) is 14.0. The number of carbonyl (C=O) groups is 1. The highest BCUT2D eigenvalue weighted by molar-refractivity contribution is 7.99. The van der Waals surface area contributed by atoms with E-state index in [-0.39, 0.29) is 11.7 Å². The highest BCUT2D eigenvalue weighted by Crippen LogP contribution is 2.17. The van der Waals surface area contributed by atoms with Crippen molar-refractivity contribution >= 4 is 29.0 Å². The molecule has 0 saturated carbocycles. The van der Waals surface area contributed by atoms with Crippen molar-refractivity contribution in [2.75, 3.05) is 12.3 Å². The molecule has 0 radical (unpaired) electrons. The first kappa shape index (κ1) is 16.7. The molecule has 5 nitrogen and oxygen atoms in total. The molecule has 0 aliphatic rings. The summed E-state index contributed by atoms with van der Waals surface area (Å²) in [7, 11) is 0. The van der Waals surface area contributed by atoms with E-state index >= 15 is 0 Å². The van der Waals surface area contributed by atoms with Gasteiger partial charge in [0.1, 0.15) is 0 Å². The number of amides is 1. The lowest BCUT2D eigenvalue weighted by molar-refractivity contribution is -0.118. The van der Waals surface area contributed by atoms with Gasteiger partial charge in [-0.05, 0) is 23.4 Å². The number of thiophene rings is 1. The van der Waals surface area contributed by atoms with Crippen molar-refractivity contribution in [2.45, 2.75) is 18.1 Å². The largest absolute Gasteiger partial charge is 0.416 e. The summed E-state index contributed by atoms with van der Waals surface area (Å²) >= 11 is 2.96. The molecule has 0 aliphatic carbocycles. The quantitative estimate of drug-likeness (QED) is 0.626. The summed E-state index contributed by atoms with van der Waals surface area (Å²) in [6.07, 6.45) is 1.46. The van der Waals surface area contributed by atoms with Crippen LogP contribution in [0.5, 0.6) is 0 Å². The highest BCUT2D eigenvalue weighted by Gasteiger charge is 2.10. The molecule has 0 fully saturated rings. The molecule has 2 heterocycles. The van der Waals surface area contributed by atoms with E-state index in [1.165, 1.54) is 16.6 Å². The first-order chi connectivity index (χ1) is 11.8. The van der Waals surface area contributed by atoms with Crippen LogP contribution in [0, 0.1) is 0 Å². The third-order valence-electron chi connectivity index (χ3n) is 3.25. The molecule has 3 aromatic rings. The monoisotopic (exact) mass is 359 g/mol. The number of thioether (sulfide) groups is 1. The van der Waals surface area contributed by atoms with Gasteiger partial charge in [0.2, 0.25) is 11.8 Å². The standard InChI is InChI=1S/C17H17N3O2S2/c21-15(18-9-8-14-7-4-10-23-14)12-24-17-20-19-16(22-17)11-13-5-2-1-3-6-13/h1-7,10H,8-9,11-12H2,(H,18,21). The van der Waals surface area contributed by atoms with E-state index in [4.69, 9.17) is 4.42 Å². The predicted octanol–water partition coefficient (Wildman–Crippen LogP) is 3.17. The summed E-state index contributed by atoms with van der Waals surface area (Å²) in [5.41, 5.74) is 1.11. The zero-order chi connectivity index (χ0) is 16.6. The molecule has 0 bridgehead atoms. The Labute approximate surface area is 148 Å². The number of hydrogen-bond acceptors (Lipinski definition) is 6. The predicted molar refractivity (Wildman–Crippen MR) is 95.3 cm³/mol. The summed E-state index contributed by atoms with van der Waals surface area (Å²) in [4.78, 5) is 13.1. The minimum atomic E-state index is -0.0284. The molecule has 1 aromatic carbocycles. The van der Waals surface area contributed by atoms with Gasteiger partial charge in [0.15, 0.2) is 0 Å². The Balaban J connectivity index is 1.39. The Bertz CT molecular complexity index is 757. The molecule has 124 valence electrons. The molecule has 3 rings (SSSR count). The van der Waals surface area contributed by atoms with E-state index in [0.717, 1.165) is 12.0 Å². The Morgan fingerprint density at radius 2 is 2.04 bits per heavy atom. The zero-order valence-electron chi connectivity index (χ0n) is 13.0. The fourth-order valence-corrected chi connectivity index (χ4v) is 3.42. The maximum absolute atomic E-state index is 11.8. The second-order valence-corrected chi connectivity index (χ2v) is 7.05. The van der Waals surface area contributed by atoms with E-state index in [1.807, 2.05) is 41.8 Å². The van der Waals surface area contributed by atoms with Crippen LogP contribution in [-0.2, 0) is 17.6 Å². The minimum absolute atomic E-state index is 0.0284. The Morgan fingerprint density at radius 1 is 1.17 bits per heavy atom. The Morgan fingerprint density at radius 3 is 2.83 bits per heavy atom. The Kier molecular flexibility index (Phi) is 6.03. The number of rotatable bonds is 8. The first-order valence-electron chi connectivity index (χ1n) is 7.58. The summed E-state index contributed by atoms with van der Waals surface area (Å²) < 4.78 is 5.56. The molecule has 0 unspecified atom stereocenters. The van der Waals surface area contributed by atoms with Crippen LogP contribution in [0.4, 0.5) is 0 Å². The fraction of sp³-hybridized carbons (Fsp3) is 0.235. The maximum atomic E-state index is 11.8. The number of benzene rings is 1. The highest BCUT2D eigenvalue weighted by atomic mass is 32.2. The van der Waals surface area contributed by atoms with Gasteiger partial charge < -0.3 is 9.73 Å². The summed E-state index contributed by atoms with van der Waals surface area (Å²) in [5.74, 6) is 0.804. The van der Waals surface area contributed by atoms with E-state index in [0.29, 0.717) is 24.1 Å². The van der Waals surface area contributed by atoms with Crippen molar-refractivity contribution in [1.82, 2.24) is 15.5 Å². The van der Waals surface area contributed by atoms with Crippen LogP contribution in [0.1, 0.15) is 16.3 Å². The van der Waals surface area contributed by atoms with Gasteiger partial charge in [-0.3, -0.25) is 4.79 Å². The Hall–Kier alpha value is -2.12. The molecule has 0 saturated heterocycles. The van der Waals surface area contributed by atoms with Crippen molar-refractivity contribution in [1.29, 1.82) is 0 Å². The zero-order valence-corrected chi connectivity index (χ0v) is 14.6. The van der Waals surface area contributed by atoms with Gasteiger partial charge in [-0.15, -0.1) is 21.5 Å². The van der Waals surface area contributed by atoms with Crippen molar-refractivity contribution in [3.05, 3.63) is 64.2 Å². The number of hydrogen-bond donors (Lipinski definition) is 1. The van der Waals surface area contributed by atoms with Crippen LogP contribution < -0.4 is 5.32 Å². The molecule has 0 atom stereocenters. The molecule has 1 N–H and O–H groups in total. The van der Waals surface area contributed by atoms with Crippen LogP contribution in [0.2, 0.25) is 0 Å². The normalized spacial score (nSPS) is 10.7. The van der Waals surface area contributed by atoms with Gasteiger partial charge in [0, 0.05) is 11.4 Å². The number of nitrogens with one attached hydrogen (secondary N) is 1. The third-order valence-corrected chi connectivity index (χ3v) is 5.00. The van der Waals surface area contributed by atoms with Crippen molar-refractivity contribution < 1.29 is 9.21 Å². The molecular weight excluding hydrogens is 342 g/mol. The van der Waals surface area contributed by atoms with Crippen molar-refractivity contribution in [2.24, 2.45) is 0 Å². The maximum Gasteiger partial charge on any atom is 0.277 e. The van der Waals surface area contributed by atoms with Gasteiger partial charge in [0.25, 0.3) is 5.22 Å². The van der Waals surface area contributed by atoms with Gasteiger partial charge in [-0.2, -0.15) is 0 Å². The first-order valence-corrected chi connectivity index (χ1v) is 9.44. The van der Waals surface area contributed by atoms with Crippen LogP contribution in [-0.4, -0.2) is 28.4 Å². The van der Waals surface area contributed by atoms with Gasteiger partial charge in [0.05, 0.1) is 12.2 Å². The molecule has 7 heteroatoms. The lowest BCUT2D eigenvalue weighted by Crippen LogP contribution is -2.27. The molecule has 1 amide bonds. The van der Waals surface area contributed by atoms with E-state index in [1.54, 1.807) is 11.3 Å². The molecular formula is C17H17N3O2S2. The van der Waals surface area contributed by atoms with Crippen LogP contribution >= 0.6 is 23.1 Å². The number of aromatic nitrogens is 2. The smallest absolute Gasteiger partial charge is 0.277 e. The lowest BCUT2D eigenvalue weighted by Gasteiger charge is -2.02. The average molecular weight is 359 g/mol. The molecule has 0 spiro atoms. The van der Waals surface area contributed by atoms with Crippen LogP contribution in [0.15, 0.2) is 57.5 Å². The minimum Gasteiger partial charge on any atom is -0.416 e. The summed E-state index contributed by atoms with van der Waals surface area (Å²) in [5, 5.41) is 13.3. The van der Waals surface area contributed by atoms with Crippen LogP contribution in [0.3, 0.4) is 0 Å². The van der Waals surface area contributed by atoms with Crippen molar-refractivity contribution in [3.63, 3.8) is 0 Å². The van der Waals surface area contributed by atoms with Gasteiger partial charge in [-0.1, -0.05) is 48.2 Å². The SMILES string of the molecule is O=C(CSc1nnc(Cc2ccccc2)o1)NCCc1cccs1. The fourth-order valence-electron chi connectivity index (χ4n) is 2.10. The average Bonchev–Trinajstić information content (AvgIpc) is 3.26. The van der Waals surface area contributed by atoms with E-state index < -0.39 is 0 Å². The second-order valence-electron chi connectivity index (χ2n) is 5.09. The topological polar surface area (TPSA) is 68.0 Å². The number of nitrogens with zero attached hydrogens (tertiary/aromatic N) is 2.